The predicted molar refractivity (Wildman–Crippen MR) is 95.5 cm³/mol. The van der Waals surface area contributed by atoms with E-state index >= 15 is 0 Å². The van der Waals surface area contributed by atoms with Crippen LogP contribution in [0.2, 0.25) is 0 Å². The molecule has 0 amide bonds. The minimum absolute atomic E-state index is 0.782. The Morgan fingerprint density at radius 3 is 1.77 bits per heavy atom. The molecule has 0 bridgehead atoms. The molecule has 0 unspecified atom stereocenters. The highest BCUT2D eigenvalue weighted by Gasteiger charge is 2.11. The normalized spacial score (nSPS) is 10.6. The summed E-state index contributed by atoms with van der Waals surface area (Å²) in [6, 6.07) is 22.6. The van der Waals surface area contributed by atoms with E-state index in [0.29, 0.717) is 0 Å². The lowest BCUT2D eigenvalue weighted by Gasteiger charge is -2.15. The lowest BCUT2D eigenvalue weighted by molar-refractivity contribution is 1.14. The number of aryl methyl sites for hydroxylation is 1. The van der Waals surface area contributed by atoms with Crippen molar-refractivity contribution >= 4 is 11.4 Å². The number of anilines is 2. The maximum atomic E-state index is 5.83. The van der Waals surface area contributed by atoms with Crippen molar-refractivity contribution in [3.63, 3.8) is 0 Å². The van der Waals surface area contributed by atoms with Crippen LogP contribution in [0.15, 0.2) is 66.7 Å². The highest BCUT2D eigenvalue weighted by atomic mass is 14.5. The molecule has 0 aliphatic heterocycles. The summed E-state index contributed by atoms with van der Waals surface area (Å²) >= 11 is 0. The summed E-state index contributed by atoms with van der Waals surface area (Å²) in [5, 5.41) is 0. The summed E-state index contributed by atoms with van der Waals surface area (Å²) < 4.78 is 0. The molecule has 0 radical (unpaired) electrons. The van der Waals surface area contributed by atoms with E-state index in [2.05, 4.69) is 49.4 Å². The number of hydrogen-bond donors (Lipinski definition) is 2. The first-order valence-electron chi connectivity index (χ1n) is 7.52. The molecule has 0 aliphatic carbocycles. The van der Waals surface area contributed by atoms with Gasteiger partial charge in [0.2, 0.25) is 0 Å². The third-order valence-corrected chi connectivity index (χ3v) is 3.95. The summed E-state index contributed by atoms with van der Waals surface area (Å²) in [6.45, 7) is 2.18. The maximum absolute atomic E-state index is 5.83. The van der Waals surface area contributed by atoms with Crippen molar-refractivity contribution in [1.82, 2.24) is 0 Å². The fourth-order valence-corrected chi connectivity index (χ4v) is 2.79. The zero-order valence-electron chi connectivity index (χ0n) is 12.7. The van der Waals surface area contributed by atoms with Crippen LogP contribution < -0.4 is 11.5 Å². The average Bonchev–Trinajstić information content (AvgIpc) is 2.56. The quantitative estimate of drug-likeness (QED) is 0.683. The summed E-state index contributed by atoms with van der Waals surface area (Å²) in [7, 11) is 0. The molecular weight excluding hydrogens is 268 g/mol. The molecule has 3 aromatic carbocycles. The molecule has 0 saturated carbocycles. The second-order valence-electron chi connectivity index (χ2n) is 5.44. The van der Waals surface area contributed by atoms with E-state index in [1.165, 1.54) is 27.8 Å². The molecule has 0 aliphatic rings. The van der Waals surface area contributed by atoms with Gasteiger partial charge in [0.25, 0.3) is 0 Å². The molecule has 2 heteroatoms. The van der Waals surface area contributed by atoms with Gasteiger partial charge < -0.3 is 11.5 Å². The number of benzene rings is 3. The second kappa shape index (κ2) is 5.94. The van der Waals surface area contributed by atoms with Crippen LogP contribution in [0.1, 0.15) is 12.5 Å². The van der Waals surface area contributed by atoms with E-state index in [4.69, 9.17) is 11.5 Å². The summed E-state index contributed by atoms with van der Waals surface area (Å²) in [5.74, 6) is 0. The van der Waals surface area contributed by atoms with E-state index in [1.807, 2.05) is 24.3 Å². The highest BCUT2D eigenvalue weighted by Crippen LogP contribution is 2.35. The fourth-order valence-electron chi connectivity index (χ4n) is 2.79. The molecule has 22 heavy (non-hydrogen) atoms. The number of nitrogens with two attached hydrogens (primary N) is 2. The molecule has 0 fully saturated rings. The van der Waals surface area contributed by atoms with E-state index < -0.39 is 0 Å². The third-order valence-electron chi connectivity index (χ3n) is 3.95. The van der Waals surface area contributed by atoms with Crippen LogP contribution >= 0.6 is 0 Å². The van der Waals surface area contributed by atoms with Gasteiger partial charge in [0.15, 0.2) is 0 Å². The van der Waals surface area contributed by atoms with Crippen LogP contribution in [-0.4, -0.2) is 0 Å². The lowest BCUT2D eigenvalue weighted by Crippen LogP contribution is -1.93. The first-order valence-corrected chi connectivity index (χ1v) is 7.52. The van der Waals surface area contributed by atoms with Crippen molar-refractivity contribution in [2.24, 2.45) is 0 Å². The Bertz CT molecular complexity index is 772. The molecule has 0 saturated heterocycles. The van der Waals surface area contributed by atoms with E-state index in [-0.39, 0.29) is 0 Å². The number of rotatable bonds is 3. The smallest absolute Gasteiger partial charge is 0.0314 e. The van der Waals surface area contributed by atoms with E-state index in [0.717, 1.165) is 17.8 Å². The molecule has 0 spiro atoms. The van der Waals surface area contributed by atoms with Gasteiger partial charge in [0, 0.05) is 11.4 Å². The summed E-state index contributed by atoms with van der Waals surface area (Å²) in [5.41, 5.74) is 19.4. The second-order valence-corrected chi connectivity index (χ2v) is 5.44. The van der Waals surface area contributed by atoms with Gasteiger partial charge in [0.1, 0.15) is 0 Å². The van der Waals surface area contributed by atoms with Crippen molar-refractivity contribution < 1.29 is 0 Å². The monoisotopic (exact) mass is 288 g/mol. The van der Waals surface area contributed by atoms with Gasteiger partial charge in [-0.3, -0.25) is 0 Å². The largest absolute Gasteiger partial charge is 0.399 e. The van der Waals surface area contributed by atoms with Crippen LogP contribution in [0.5, 0.6) is 0 Å². The van der Waals surface area contributed by atoms with Crippen LogP contribution in [0.4, 0.5) is 11.4 Å². The Morgan fingerprint density at radius 2 is 1.23 bits per heavy atom. The number of hydrogen-bond acceptors (Lipinski definition) is 2. The van der Waals surface area contributed by atoms with Crippen molar-refractivity contribution in [2.75, 3.05) is 11.5 Å². The first-order chi connectivity index (χ1) is 10.7. The highest BCUT2D eigenvalue weighted by molar-refractivity contribution is 5.86. The van der Waals surface area contributed by atoms with Crippen LogP contribution in [0.3, 0.4) is 0 Å². The van der Waals surface area contributed by atoms with Gasteiger partial charge in [-0.15, -0.1) is 0 Å². The van der Waals surface area contributed by atoms with Crippen molar-refractivity contribution in [2.45, 2.75) is 13.3 Å². The number of nitrogen functional groups attached to an aromatic ring is 2. The minimum Gasteiger partial charge on any atom is -0.399 e. The standard InChI is InChI=1S/C20H20N2/c1-2-14-4-3-5-19(15-6-10-17(21)11-7-15)20(14)16-8-12-18(22)13-9-16/h3-13H,2,21-22H2,1H3. The van der Waals surface area contributed by atoms with E-state index in [9.17, 15) is 0 Å². The third kappa shape index (κ3) is 2.68. The molecule has 110 valence electrons. The Balaban J connectivity index is 2.22. The maximum Gasteiger partial charge on any atom is 0.0314 e. The zero-order chi connectivity index (χ0) is 15.5. The molecule has 0 atom stereocenters. The summed E-state index contributed by atoms with van der Waals surface area (Å²) in [4.78, 5) is 0. The van der Waals surface area contributed by atoms with Gasteiger partial charge in [-0.1, -0.05) is 49.4 Å². The van der Waals surface area contributed by atoms with Crippen molar-refractivity contribution in [3.8, 4) is 22.3 Å². The zero-order valence-corrected chi connectivity index (χ0v) is 12.7. The van der Waals surface area contributed by atoms with E-state index in [1.54, 1.807) is 0 Å². The topological polar surface area (TPSA) is 52.0 Å². The predicted octanol–water partition coefficient (Wildman–Crippen LogP) is 4.75. The van der Waals surface area contributed by atoms with Crippen LogP contribution in [0, 0.1) is 0 Å². The van der Waals surface area contributed by atoms with Gasteiger partial charge >= 0.3 is 0 Å². The van der Waals surface area contributed by atoms with Gasteiger partial charge in [0.05, 0.1) is 0 Å². The fraction of sp³-hybridized carbons (Fsp3) is 0.100. The Morgan fingerprint density at radius 1 is 0.682 bits per heavy atom. The molecular formula is C20H20N2. The Kier molecular flexibility index (Phi) is 3.84. The SMILES string of the molecule is CCc1cccc(-c2ccc(N)cc2)c1-c1ccc(N)cc1. The van der Waals surface area contributed by atoms with Gasteiger partial charge in [-0.05, 0) is 58.5 Å². The van der Waals surface area contributed by atoms with Crippen molar-refractivity contribution in [3.05, 3.63) is 72.3 Å². The van der Waals surface area contributed by atoms with Gasteiger partial charge in [-0.25, -0.2) is 0 Å². The molecule has 3 aromatic rings. The first kappa shape index (κ1) is 14.2. The average molecular weight is 288 g/mol. The minimum atomic E-state index is 0.782. The molecule has 0 heterocycles. The summed E-state index contributed by atoms with van der Waals surface area (Å²) in [6.07, 6.45) is 0.989. The van der Waals surface area contributed by atoms with Crippen LogP contribution in [0.25, 0.3) is 22.3 Å². The van der Waals surface area contributed by atoms with Gasteiger partial charge in [-0.2, -0.15) is 0 Å². The molecule has 3 rings (SSSR count). The lowest BCUT2D eigenvalue weighted by atomic mass is 9.89. The molecule has 2 nitrogen and oxygen atoms in total. The van der Waals surface area contributed by atoms with Crippen LogP contribution in [-0.2, 0) is 6.42 Å². The van der Waals surface area contributed by atoms with Crippen molar-refractivity contribution in [1.29, 1.82) is 0 Å². The Hall–Kier alpha value is -2.74. The molecule has 4 N–H and O–H groups in total. The molecule has 0 aromatic heterocycles. The Labute approximate surface area is 131 Å².